The normalized spacial score (nSPS) is 23.4. The number of hydrogen-bond donors (Lipinski definition) is 1. The fraction of sp³-hybridized carbons (Fsp3) is 0.444. The summed E-state index contributed by atoms with van der Waals surface area (Å²) >= 11 is 0. The van der Waals surface area contributed by atoms with E-state index in [0.29, 0.717) is 17.3 Å². The highest BCUT2D eigenvalue weighted by Crippen LogP contribution is 2.32. The molecule has 0 bridgehead atoms. The Morgan fingerprint density at radius 3 is 2.64 bits per heavy atom. The lowest BCUT2D eigenvalue weighted by Gasteiger charge is -2.35. The highest BCUT2D eigenvalue weighted by molar-refractivity contribution is 5.95. The maximum Gasteiger partial charge on any atom is 0.235 e. The molecular formula is C18H22N2O5. The molecule has 0 aromatic carbocycles. The third kappa shape index (κ3) is 4.18. The minimum atomic E-state index is -0.795. The van der Waals surface area contributed by atoms with E-state index in [1.165, 1.54) is 0 Å². The molecule has 0 unspecified atom stereocenters. The van der Waals surface area contributed by atoms with Gasteiger partial charge in [-0.25, -0.2) is 4.98 Å². The topological polar surface area (TPSA) is 82.8 Å². The van der Waals surface area contributed by atoms with Gasteiger partial charge in [-0.1, -0.05) is 0 Å². The molecule has 1 fully saturated rings. The zero-order valence-corrected chi connectivity index (χ0v) is 14.5. The Hall–Kier alpha value is -2.38. The van der Waals surface area contributed by atoms with E-state index in [0.717, 1.165) is 0 Å². The summed E-state index contributed by atoms with van der Waals surface area (Å²) in [5, 5.41) is 2.84. The van der Waals surface area contributed by atoms with Crippen molar-refractivity contribution in [2.24, 2.45) is 5.41 Å². The van der Waals surface area contributed by atoms with Gasteiger partial charge in [0, 0.05) is 6.07 Å². The summed E-state index contributed by atoms with van der Waals surface area (Å²) in [5.74, 6) is 0.918. The Kier molecular flexibility index (Phi) is 5.06. The number of hydrogen-bond acceptors (Lipinski definition) is 6. The highest BCUT2D eigenvalue weighted by Gasteiger charge is 2.40. The summed E-state index contributed by atoms with van der Waals surface area (Å²) in [7, 11) is 0. The zero-order valence-electron chi connectivity index (χ0n) is 14.5. The molecule has 7 nitrogen and oxygen atoms in total. The van der Waals surface area contributed by atoms with Crippen molar-refractivity contribution in [3.8, 4) is 5.88 Å². The van der Waals surface area contributed by atoms with Gasteiger partial charge in [0.1, 0.15) is 0 Å². The molecule has 0 saturated carbocycles. The fourth-order valence-corrected chi connectivity index (χ4v) is 2.38. The average Bonchev–Trinajstić information content (AvgIpc) is 3.11. The third-order valence-electron chi connectivity index (χ3n) is 3.78. The van der Waals surface area contributed by atoms with Crippen LogP contribution in [-0.4, -0.2) is 30.2 Å². The largest absolute Gasteiger partial charge is 0.475 e. The SMILES string of the molecule is CC(C)Oc1ccc(NC(=O)C2(C)COC(c3ccco3)OC2)cn1. The van der Waals surface area contributed by atoms with E-state index in [9.17, 15) is 4.79 Å². The molecule has 0 atom stereocenters. The fourth-order valence-electron chi connectivity index (χ4n) is 2.38. The van der Waals surface area contributed by atoms with Crippen molar-refractivity contribution >= 4 is 11.6 Å². The second kappa shape index (κ2) is 7.25. The number of nitrogens with one attached hydrogen (secondary N) is 1. The Bertz CT molecular complexity index is 689. The lowest BCUT2D eigenvalue weighted by Crippen LogP contribution is -2.45. The Morgan fingerprint density at radius 2 is 2.08 bits per heavy atom. The van der Waals surface area contributed by atoms with Gasteiger partial charge in [-0.3, -0.25) is 4.79 Å². The van der Waals surface area contributed by atoms with Crippen LogP contribution in [0.15, 0.2) is 41.1 Å². The van der Waals surface area contributed by atoms with Crippen molar-refractivity contribution in [1.29, 1.82) is 0 Å². The molecule has 134 valence electrons. The minimum absolute atomic E-state index is 0.0468. The van der Waals surface area contributed by atoms with Crippen molar-refractivity contribution in [1.82, 2.24) is 4.98 Å². The smallest absolute Gasteiger partial charge is 0.235 e. The molecular weight excluding hydrogens is 324 g/mol. The summed E-state index contributed by atoms with van der Waals surface area (Å²) in [5.41, 5.74) is -0.202. The van der Waals surface area contributed by atoms with E-state index in [1.807, 2.05) is 13.8 Å². The third-order valence-corrected chi connectivity index (χ3v) is 3.78. The first-order valence-corrected chi connectivity index (χ1v) is 8.17. The monoisotopic (exact) mass is 346 g/mol. The number of furan rings is 1. The van der Waals surface area contributed by atoms with E-state index in [4.69, 9.17) is 18.6 Å². The second-order valence-corrected chi connectivity index (χ2v) is 6.54. The molecule has 3 heterocycles. The lowest BCUT2D eigenvalue weighted by molar-refractivity contribution is -0.232. The predicted octanol–water partition coefficient (Wildman–Crippen LogP) is 3.15. The molecule has 0 radical (unpaired) electrons. The average molecular weight is 346 g/mol. The van der Waals surface area contributed by atoms with Gasteiger partial charge in [0.2, 0.25) is 18.1 Å². The van der Waals surface area contributed by atoms with Crippen molar-refractivity contribution in [3.63, 3.8) is 0 Å². The number of pyridine rings is 1. The molecule has 7 heteroatoms. The summed E-state index contributed by atoms with van der Waals surface area (Å²) in [6.07, 6.45) is 2.59. The molecule has 0 aliphatic carbocycles. The standard InChI is InChI=1S/C18H22N2O5/c1-12(2)25-15-7-6-13(9-19-15)20-17(21)18(3)10-23-16(24-11-18)14-5-4-8-22-14/h4-9,12,16H,10-11H2,1-3H3,(H,20,21). The van der Waals surface area contributed by atoms with Gasteiger partial charge in [-0.15, -0.1) is 0 Å². The van der Waals surface area contributed by atoms with E-state index in [-0.39, 0.29) is 25.2 Å². The maximum atomic E-state index is 12.6. The summed E-state index contributed by atoms with van der Waals surface area (Å²) in [6.45, 7) is 6.11. The maximum absolute atomic E-state index is 12.6. The summed E-state index contributed by atoms with van der Waals surface area (Å²) in [6, 6.07) is 7.02. The van der Waals surface area contributed by atoms with Crippen LogP contribution in [-0.2, 0) is 14.3 Å². The van der Waals surface area contributed by atoms with Crippen molar-refractivity contribution < 1.29 is 23.4 Å². The van der Waals surface area contributed by atoms with Gasteiger partial charge in [0.15, 0.2) is 5.76 Å². The number of nitrogens with zero attached hydrogens (tertiary/aromatic N) is 1. The second-order valence-electron chi connectivity index (χ2n) is 6.54. The molecule has 1 aliphatic rings. The van der Waals surface area contributed by atoms with Gasteiger partial charge < -0.3 is 23.9 Å². The first-order chi connectivity index (χ1) is 12.0. The number of carbonyl (C=O) groups is 1. The van der Waals surface area contributed by atoms with E-state index >= 15 is 0 Å². The van der Waals surface area contributed by atoms with Crippen LogP contribution in [0.1, 0.15) is 32.8 Å². The van der Waals surface area contributed by atoms with E-state index in [2.05, 4.69) is 10.3 Å². The number of anilines is 1. The van der Waals surface area contributed by atoms with E-state index < -0.39 is 11.7 Å². The Balaban J connectivity index is 1.57. The summed E-state index contributed by atoms with van der Waals surface area (Å²) in [4.78, 5) is 16.8. The molecule has 2 aromatic heterocycles. The van der Waals surface area contributed by atoms with Gasteiger partial charge >= 0.3 is 0 Å². The van der Waals surface area contributed by atoms with Gasteiger partial charge in [0.25, 0.3) is 0 Å². The number of ether oxygens (including phenoxy) is 3. The Morgan fingerprint density at radius 1 is 1.32 bits per heavy atom. The molecule has 2 aromatic rings. The van der Waals surface area contributed by atoms with Crippen molar-refractivity contribution in [2.75, 3.05) is 18.5 Å². The van der Waals surface area contributed by atoms with E-state index in [1.54, 1.807) is 43.6 Å². The Labute approximate surface area is 146 Å². The van der Waals surface area contributed by atoms with Crippen LogP contribution in [0.4, 0.5) is 5.69 Å². The molecule has 25 heavy (non-hydrogen) atoms. The first kappa shape index (κ1) is 17.4. The molecule has 1 saturated heterocycles. The van der Waals surface area contributed by atoms with Crippen LogP contribution >= 0.6 is 0 Å². The molecule has 1 amide bonds. The predicted molar refractivity (Wildman–Crippen MR) is 90.1 cm³/mol. The molecule has 3 rings (SSSR count). The number of carbonyl (C=O) groups excluding carboxylic acids is 1. The van der Waals surface area contributed by atoms with Crippen molar-refractivity contribution in [2.45, 2.75) is 33.2 Å². The number of aromatic nitrogens is 1. The van der Waals surface area contributed by atoms with Gasteiger partial charge in [-0.2, -0.15) is 0 Å². The molecule has 1 N–H and O–H groups in total. The van der Waals surface area contributed by atoms with Crippen LogP contribution in [0.3, 0.4) is 0 Å². The quantitative estimate of drug-likeness (QED) is 0.895. The lowest BCUT2D eigenvalue weighted by atomic mass is 9.91. The molecule has 0 spiro atoms. The first-order valence-electron chi connectivity index (χ1n) is 8.17. The summed E-state index contributed by atoms with van der Waals surface area (Å²) < 4.78 is 22.0. The van der Waals surface area contributed by atoms with Crippen LogP contribution < -0.4 is 10.1 Å². The minimum Gasteiger partial charge on any atom is -0.475 e. The number of rotatable bonds is 5. The zero-order chi connectivity index (χ0) is 17.9. The van der Waals surface area contributed by atoms with Crippen LogP contribution in [0.2, 0.25) is 0 Å². The molecule has 1 aliphatic heterocycles. The van der Waals surface area contributed by atoms with Gasteiger partial charge in [-0.05, 0) is 39.0 Å². The highest BCUT2D eigenvalue weighted by atomic mass is 16.7. The van der Waals surface area contributed by atoms with Crippen LogP contribution in [0, 0.1) is 5.41 Å². The van der Waals surface area contributed by atoms with Crippen LogP contribution in [0.5, 0.6) is 5.88 Å². The van der Waals surface area contributed by atoms with Crippen LogP contribution in [0.25, 0.3) is 0 Å². The van der Waals surface area contributed by atoms with Crippen molar-refractivity contribution in [3.05, 3.63) is 42.5 Å². The van der Waals surface area contributed by atoms with Gasteiger partial charge in [0.05, 0.1) is 42.9 Å². The number of amides is 1.